The molecule has 0 fully saturated rings. The Balaban J connectivity index is 2.61. The van der Waals surface area contributed by atoms with Crippen LogP contribution in [0.2, 0.25) is 0 Å². The van der Waals surface area contributed by atoms with Crippen LogP contribution >= 0.6 is 10.7 Å². The first-order chi connectivity index (χ1) is 8.82. The van der Waals surface area contributed by atoms with Crippen molar-refractivity contribution >= 4 is 36.7 Å². The standard InChI is InChI=1S/C10H9ClN2O5S/c1-12-9(14)5-13-7-3-2-6(19(11,16)17)4-8(7)18-10(13)15/h2-4H,5H2,1H3,(H,12,14). The number of carbonyl (C=O) groups is 1. The van der Waals surface area contributed by atoms with Crippen molar-refractivity contribution in [3.63, 3.8) is 0 Å². The van der Waals surface area contributed by atoms with E-state index in [1.807, 2.05) is 0 Å². The van der Waals surface area contributed by atoms with Crippen molar-refractivity contribution in [2.45, 2.75) is 11.4 Å². The molecule has 0 bridgehead atoms. The molecule has 0 radical (unpaired) electrons. The summed E-state index contributed by atoms with van der Waals surface area (Å²) in [6.45, 7) is -0.213. The second-order valence-corrected chi connectivity index (χ2v) is 6.26. The van der Waals surface area contributed by atoms with Gasteiger partial charge in [-0.2, -0.15) is 0 Å². The Morgan fingerprint density at radius 3 is 2.74 bits per heavy atom. The summed E-state index contributed by atoms with van der Waals surface area (Å²) in [4.78, 5) is 22.7. The van der Waals surface area contributed by atoms with E-state index in [0.29, 0.717) is 5.52 Å². The number of likely N-dealkylation sites (N-methyl/N-ethyl adjacent to an activating group) is 1. The molecule has 0 atom stereocenters. The van der Waals surface area contributed by atoms with E-state index in [0.717, 1.165) is 10.6 Å². The number of aromatic nitrogens is 1. The van der Waals surface area contributed by atoms with E-state index in [1.54, 1.807) is 0 Å². The predicted molar refractivity (Wildman–Crippen MR) is 67.6 cm³/mol. The van der Waals surface area contributed by atoms with Gasteiger partial charge in [-0.15, -0.1) is 0 Å². The molecule has 2 rings (SSSR count). The minimum Gasteiger partial charge on any atom is -0.408 e. The van der Waals surface area contributed by atoms with E-state index >= 15 is 0 Å². The molecule has 1 heterocycles. The minimum atomic E-state index is -3.90. The van der Waals surface area contributed by atoms with E-state index in [4.69, 9.17) is 15.1 Å². The van der Waals surface area contributed by atoms with E-state index in [1.165, 1.54) is 19.2 Å². The number of fused-ring (bicyclic) bond motifs is 1. The van der Waals surface area contributed by atoms with Gasteiger partial charge in [-0.3, -0.25) is 9.36 Å². The van der Waals surface area contributed by atoms with Crippen LogP contribution in [0, 0.1) is 0 Å². The lowest BCUT2D eigenvalue weighted by atomic mass is 10.3. The van der Waals surface area contributed by atoms with E-state index in [-0.39, 0.29) is 22.9 Å². The van der Waals surface area contributed by atoms with Gasteiger partial charge >= 0.3 is 5.76 Å². The van der Waals surface area contributed by atoms with Crippen LogP contribution in [0.25, 0.3) is 11.1 Å². The van der Waals surface area contributed by atoms with Gasteiger partial charge < -0.3 is 9.73 Å². The van der Waals surface area contributed by atoms with Crippen molar-refractivity contribution in [1.29, 1.82) is 0 Å². The van der Waals surface area contributed by atoms with Gasteiger partial charge in [0, 0.05) is 23.8 Å². The number of hydrogen-bond acceptors (Lipinski definition) is 5. The lowest BCUT2D eigenvalue weighted by molar-refractivity contribution is -0.121. The number of nitrogens with zero attached hydrogens (tertiary/aromatic N) is 1. The Kier molecular flexibility index (Phi) is 3.38. The fourth-order valence-corrected chi connectivity index (χ4v) is 2.34. The third-order valence-electron chi connectivity index (χ3n) is 2.50. The zero-order valence-electron chi connectivity index (χ0n) is 9.71. The third kappa shape index (κ3) is 2.64. The first-order valence-electron chi connectivity index (χ1n) is 5.11. The summed E-state index contributed by atoms with van der Waals surface area (Å²) in [5.41, 5.74) is 0.369. The zero-order valence-corrected chi connectivity index (χ0v) is 11.3. The van der Waals surface area contributed by atoms with Gasteiger partial charge in [-0.1, -0.05) is 0 Å². The lowest BCUT2D eigenvalue weighted by Crippen LogP contribution is -2.27. The molecule has 9 heteroatoms. The van der Waals surface area contributed by atoms with E-state index in [2.05, 4.69) is 5.32 Å². The zero-order chi connectivity index (χ0) is 14.2. The van der Waals surface area contributed by atoms with Crippen LogP contribution in [0.1, 0.15) is 0 Å². The van der Waals surface area contributed by atoms with Crippen LogP contribution in [-0.4, -0.2) is 25.9 Å². The number of oxazole rings is 1. The molecular weight excluding hydrogens is 296 g/mol. The van der Waals surface area contributed by atoms with Crippen molar-refractivity contribution in [3.8, 4) is 0 Å². The van der Waals surface area contributed by atoms with Crippen LogP contribution in [0.4, 0.5) is 0 Å². The van der Waals surface area contributed by atoms with Crippen molar-refractivity contribution in [2.24, 2.45) is 0 Å². The molecule has 0 saturated heterocycles. The van der Waals surface area contributed by atoms with Crippen molar-refractivity contribution in [2.75, 3.05) is 7.05 Å². The number of amides is 1. The monoisotopic (exact) mass is 304 g/mol. The second kappa shape index (κ2) is 4.71. The molecule has 2 aromatic rings. The smallest absolute Gasteiger partial charge is 0.408 e. The number of rotatable bonds is 3. The Labute approximate surface area is 112 Å². The van der Waals surface area contributed by atoms with Crippen molar-refractivity contribution in [1.82, 2.24) is 9.88 Å². The Hall–Kier alpha value is -1.80. The van der Waals surface area contributed by atoms with Crippen LogP contribution in [0.3, 0.4) is 0 Å². The summed E-state index contributed by atoms with van der Waals surface area (Å²) < 4.78 is 28.3. The molecule has 0 aliphatic carbocycles. The number of benzene rings is 1. The maximum absolute atomic E-state index is 11.6. The molecule has 0 spiro atoms. The highest BCUT2D eigenvalue weighted by atomic mass is 35.7. The molecule has 102 valence electrons. The molecule has 1 amide bonds. The fourth-order valence-electron chi connectivity index (χ4n) is 1.57. The number of hydrogen-bond donors (Lipinski definition) is 1. The topological polar surface area (TPSA) is 98.4 Å². The highest BCUT2D eigenvalue weighted by molar-refractivity contribution is 8.13. The maximum atomic E-state index is 11.6. The average Bonchev–Trinajstić information content (AvgIpc) is 2.64. The highest BCUT2D eigenvalue weighted by Crippen LogP contribution is 2.21. The molecule has 1 aromatic carbocycles. The predicted octanol–water partition coefficient (Wildman–Crippen LogP) is 0.268. The van der Waals surface area contributed by atoms with Crippen molar-refractivity contribution < 1.29 is 17.6 Å². The van der Waals surface area contributed by atoms with E-state index in [9.17, 15) is 18.0 Å². The quantitative estimate of drug-likeness (QED) is 0.821. The molecule has 7 nitrogen and oxygen atoms in total. The number of nitrogens with one attached hydrogen (secondary N) is 1. The number of halogens is 1. The fraction of sp³-hybridized carbons (Fsp3) is 0.200. The summed E-state index contributed by atoms with van der Waals surface area (Å²) in [7, 11) is 2.73. The second-order valence-electron chi connectivity index (χ2n) is 3.69. The SMILES string of the molecule is CNC(=O)Cn1c(=O)oc2cc(S(=O)(=O)Cl)ccc21. The molecule has 0 aliphatic heterocycles. The Morgan fingerprint density at radius 2 is 2.16 bits per heavy atom. The molecule has 1 aromatic heterocycles. The molecular formula is C10H9ClN2O5S. The maximum Gasteiger partial charge on any atom is 0.420 e. The Morgan fingerprint density at radius 1 is 1.47 bits per heavy atom. The third-order valence-corrected chi connectivity index (χ3v) is 3.85. The summed E-state index contributed by atoms with van der Waals surface area (Å²) in [6, 6.07) is 3.73. The molecule has 1 N–H and O–H groups in total. The Bertz CT molecular complexity index is 805. The minimum absolute atomic E-state index is 0.0515. The number of carbonyl (C=O) groups excluding carboxylic acids is 1. The summed E-state index contributed by atoms with van der Waals surface area (Å²) in [5, 5.41) is 2.37. The van der Waals surface area contributed by atoms with Gasteiger partial charge in [0.15, 0.2) is 5.58 Å². The average molecular weight is 305 g/mol. The van der Waals surface area contributed by atoms with Gasteiger partial charge in [0.2, 0.25) is 5.91 Å². The summed E-state index contributed by atoms with van der Waals surface area (Å²) in [6.07, 6.45) is 0. The summed E-state index contributed by atoms with van der Waals surface area (Å²) in [5.74, 6) is -1.12. The van der Waals surface area contributed by atoms with Crippen LogP contribution in [0.15, 0.2) is 32.3 Å². The highest BCUT2D eigenvalue weighted by Gasteiger charge is 2.16. The van der Waals surface area contributed by atoms with Gasteiger partial charge in [-0.25, -0.2) is 13.2 Å². The van der Waals surface area contributed by atoms with Crippen LogP contribution in [-0.2, 0) is 20.4 Å². The van der Waals surface area contributed by atoms with Crippen LogP contribution in [0.5, 0.6) is 0 Å². The lowest BCUT2D eigenvalue weighted by Gasteiger charge is -2.01. The molecule has 0 unspecified atom stereocenters. The first kappa shape index (κ1) is 13.6. The molecule has 0 saturated carbocycles. The van der Waals surface area contributed by atoms with Gasteiger partial charge in [0.05, 0.1) is 10.4 Å². The van der Waals surface area contributed by atoms with Gasteiger partial charge in [0.1, 0.15) is 6.54 Å². The molecule has 19 heavy (non-hydrogen) atoms. The van der Waals surface area contributed by atoms with Crippen LogP contribution < -0.4 is 11.1 Å². The largest absolute Gasteiger partial charge is 0.420 e. The van der Waals surface area contributed by atoms with Crippen molar-refractivity contribution in [3.05, 3.63) is 28.7 Å². The normalized spacial score (nSPS) is 11.7. The van der Waals surface area contributed by atoms with Gasteiger partial charge in [-0.05, 0) is 12.1 Å². The molecule has 0 aliphatic rings. The van der Waals surface area contributed by atoms with Gasteiger partial charge in [0.25, 0.3) is 9.05 Å². The first-order valence-corrected chi connectivity index (χ1v) is 7.42. The van der Waals surface area contributed by atoms with E-state index < -0.39 is 14.8 Å². The summed E-state index contributed by atoms with van der Waals surface area (Å²) >= 11 is 0.